The summed E-state index contributed by atoms with van der Waals surface area (Å²) in [7, 11) is 1.66. The third-order valence-corrected chi connectivity index (χ3v) is 15.4. The number of alkyl halides is 6. The van der Waals surface area contributed by atoms with Crippen LogP contribution in [0.4, 0.5) is 58.7 Å². The van der Waals surface area contributed by atoms with Crippen LogP contribution in [0.2, 0.25) is 0 Å². The van der Waals surface area contributed by atoms with Gasteiger partial charge in [0, 0.05) is 70.8 Å². The van der Waals surface area contributed by atoms with Crippen molar-refractivity contribution in [3.8, 4) is 0 Å². The van der Waals surface area contributed by atoms with Crippen LogP contribution in [0.15, 0.2) is 56.8 Å². The summed E-state index contributed by atoms with van der Waals surface area (Å²) in [4.78, 5) is 95.6. The maximum Gasteiger partial charge on any atom is 0.416 e. The topological polar surface area (TPSA) is 237 Å². The minimum absolute atomic E-state index is 0.0841. The Morgan fingerprint density at radius 3 is 1.40 bits per heavy atom. The fourth-order valence-corrected chi connectivity index (χ4v) is 11.0. The van der Waals surface area contributed by atoms with Crippen LogP contribution in [0, 0.1) is 13.8 Å². The molecule has 23 nitrogen and oxygen atoms in total. The number of aromatic nitrogens is 8. The molecule has 2 fully saturated rings. The molecule has 6 heterocycles. The molecule has 4 aromatic heterocycles. The van der Waals surface area contributed by atoms with Crippen LogP contribution in [0.1, 0.15) is 114 Å². The number of rotatable bonds is 12. The number of carbonyl (C=O) groups excluding carboxylic acids is 4. The van der Waals surface area contributed by atoms with E-state index in [0.29, 0.717) is 107 Å². The molecule has 2 aromatic carbocycles. The number of amides is 4. The van der Waals surface area contributed by atoms with Gasteiger partial charge in [-0.3, -0.25) is 19.2 Å². The highest BCUT2D eigenvalue weighted by Gasteiger charge is 2.35. The van der Waals surface area contributed by atoms with Gasteiger partial charge in [0.2, 0.25) is 28.1 Å². The Kier molecular flexibility index (Phi) is 20.0. The van der Waals surface area contributed by atoms with Crippen LogP contribution in [-0.2, 0) is 62.1 Å². The number of ether oxygens (including phenoxy) is 3. The van der Waals surface area contributed by atoms with Crippen molar-refractivity contribution >= 4 is 79.8 Å². The highest BCUT2D eigenvalue weighted by molar-refractivity contribution is 9.10. The monoisotopic (exact) mass is 1310 g/mol. The summed E-state index contributed by atoms with van der Waals surface area (Å²) < 4.78 is 101. The van der Waals surface area contributed by atoms with E-state index in [2.05, 4.69) is 41.7 Å². The molecule has 1 atom stereocenters. The van der Waals surface area contributed by atoms with Gasteiger partial charge in [-0.05, 0) is 157 Å². The number of carbonyl (C=O) groups is 4. The number of nitrogens with zero attached hydrogens (tertiary/aromatic N) is 12. The normalized spacial score (nSPS) is 16.1. The Morgan fingerprint density at radius 1 is 0.629 bits per heavy atom. The average Bonchev–Trinajstić information content (AvgIpc) is 1.72. The highest BCUT2D eigenvalue weighted by Crippen LogP contribution is 2.34. The first-order valence-electron chi connectivity index (χ1n) is 29.0. The first kappa shape index (κ1) is 66.9. The number of allylic oxidation sites excluding steroid dienone is 1. The number of fused-ring (bicyclic) bond motifs is 2. The third kappa shape index (κ3) is 15.7. The predicted octanol–water partition coefficient (Wildman–Crippen LogP) is 9.30. The molecule has 3 aliphatic rings. The van der Waals surface area contributed by atoms with Crippen LogP contribution in [0.25, 0.3) is 17.1 Å². The Labute approximate surface area is 517 Å². The Bertz CT molecular complexity index is 3810. The minimum atomic E-state index is -4.51. The maximum absolute atomic E-state index is 14.2. The first-order chi connectivity index (χ1) is 41.7. The Balaban J connectivity index is 0.000000233. The van der Waals surface area contributed by atoms with Crippen LogP contribution < -0.4 is 31.6 Å². The standard InChI is InChI=1S/C33H42F3N7O5.C26H31BrF3N7O4/c1-7-25-27(40-14-16-41(17-15-40)31(46)48-32(3,4)5)29(45)43-30(38-28(39-43)21-8-11-23(47-6)12-9-21)42(25)19-26(44)37-24-13-10-22(18-20(24)2)33(34,35)36;1-6-18-20(34-9-11-35(12-10-34)24(40)41-25(3,4)5)21(39)37-23(32-22(27)33-37)36(18)14-19(38)31-17-8-7-16(13-15(17)2)26(28,29)30/h8,10,13,18,23H,7,9,11-12,14-17,19H2,1-6H3,(H,37,44);7-8,13H,6,9-12,14H2,1-5H3,(H,31,38). The summed E-state index contributed by atoms with van der Waals surface area (Å²) in [6.45, 7) is 19.6. The van der Waals surface area contributed by atoms with Gasteiger partial charge in [0.05, 0.1) is 28.6 Å². The van der Waals surface area contributed by atoms with Crippen LogP contribution >= 0.6 is 15.9 Å². The summed E-state index contributed by atoms with van der Waals surface area (Å²) in [6.07, 6.45) is -4.97. The van der Waals surface area contributed by atoms with Gasteiger partial charge in [0.1, 0.15) is 35.7 Å². The molecular formula is C59H73BrF6N14O9. The lowest BCUT2D eigenvalue weighted by Crippen LogP contribution is -2.51. The summed E-state index contributed by atoms with van der Waals surface area (Å²) >= 11 is 3.20. The highest BCUT2D eigenvalue weighted by atomic mass is 79.9. The third-order valence-electron chi connectivity index (χ3n) is 15.0. The molecule has 30 heteroatoms. The average molecular weight is 1320 g/mol. The van der Waals surface area contributed by atoms with Crippen molar-refractivity contribution < 1.29 is 59.7 Å². The van der Waals surface area contributed by atoms with Crippen molar-refractivity contribution in [2.45, 2.75) is 144 Å². The van der Waals surface area contributed by atoms with Crippen LogP contribution in [0.5, 0.6) is 0 Å². The summed E-state index contributed by atoms with van der Waals surface area (Å²) in [5, 5.41) is 14.2. The SMILES string of the molecule is CCc1c(N2CCN(C(=O)OC(C)(C)C)CC2)c(=O)n2nc(Br)nc2n1CC(=O)Nc1ccc(C(F)(F)F)cc1C.CCc1c(N2CCN(C(=O)OC(C)(C)C)CC2)c(=O)n2nc(C3=CCC(OC)CC3)nc2n1CC(=O)Nc1ccc(C(F)(F)F)cc1C. The number of hydrogen-bond donors (Lipinski definition) is 2. The van der Waals surface area contributed by atoms with Gasteiger partial charge >= 0.3 is 24.5 Å². The fourth-order valence-electron chi connectivity index (χ4n) is 10.7. The maximum atomic E-state index is 14.2. The first-order valence-corrected chi connectivity index (χ1v) is 29.8. The lowest BCUT2D eigenvalue weighted by atomic mass is 9.97. The number of anilines is 4. The Morgan fingerprint density at radius 2 is 1.04 bits per heavy atom. The molecule has 0 saturated carbocycles. The fraction of sp³-hybridized carbons (Fsp3) is 0.525. The molecule has 0 spiro atoms. The molecule has 89 heavy (non-hydrogen) atoms. The number of aryl methyl sites for hydroxylation is 2. The molecule has 2 N–H and O–H groups in total. The molecular weight excluding hydrogens is 1240 g/mol. The van der Waals surface area contributed by atoms with Crippen molar-refractivity contribution in [1.29, 1.82) is 0 Å². The molecule has 2 aliphatic heterocycles. The van der Waals surface area contributed by atoms with E-state index < -0.39 is 69.8 Å². The second-order valence-corrected chi connectivity index (χ2v) is 24.5. The van der Waals surface area contributed by atoms with E-state index in [1.54, 1.807) is 67.6 Å². The Hall–Kier alpha value is -8.02. The van der Waals surface area contributed by atoms with E-state index in [1.807, 2.05) is 29.7 Å². The molecule has 482 valence electrons. The number of piperazine rings is 2. The zero-order valence-corrected chi connectivity index (χ0v) is 53.0. The molecule has 1 aliphatic carbocycles. The summed E-state index contributed by atoms with van der Waals surface area (Å²) in [5.74, 6) is -0.342. The van der Waals surface area contributed by atoms with Crippen LogP contribution in [0.3, 0.4) is 0 Å². The number of nitrogens with one attached hydrogen (secondary N) is 2. The molecule has 0 radical (unpaired) electrons. The quantitative estimate of drug-likeness (QED) is 0.109. The van der Waals surface area contributed by atoms with Gasteiger partial charge in [-0.2, -0.15) is 45.3 Å². The number of hydrogen-bond acceptors (Lipinski definition) is 15. The van der Waals surface area contributed by atoms with Crippen molar-refractivity contribution in [3.63, 3.8) is 0 Å². The van der Waals surface area contributed by atoms with Gasteiger partial charge in [0.15, 0.2) is 5.82 Å². The summed E-state index contributed by atoms with van der Waals surface area (Å²) in [6, 6.07) is 6.21. The lowest BCUT2D eigenvalue weighted by molar-refractivity contribution is -0.138. The van der Waals surface area contributed by atoms with Crippen molar-refractivity contribution in [3.05, 3.63) is 107 Å². The second-order valence-electron chi connectivity index (χ2n) is 23.7. The van der Waals surface area contributed by atoms with E-state index in [1.165, 1.54) is 30.5 Å². The van der Waals surface area contributed by atoms with Crippen molar-refractivity contribution in [2.24, 2.45) is 0 Å². The number of methoxy groups -OCH3 is 1. The van der Waals surface area contributed by atoms with Gasteiger partial charge in [-0.1, -0.05) is 19.9 Å². The smallest absolute Gasteiger partial charge is 0.416 e. The zero-order valence-electron chi connectivity index (χ0n) is 51.4. The molecule has 2 saturated heterocycles. The molecule has 6 aromatic rings. The molecule has 4 amide bonds. The van der Waals surface area contributed by atoms with E-state index in [4.69, 9.17) is 19.2 Å². The minimum Gasteiger partial charge on any atom is -0.444 e. The molecule has 9 rings (SSSR count). The van der Waals surface area contributed by atoms with Gasteiger partial charge < -0.3 is 53.6 Å². The van der Waals surface area contributed by atoms with E-state index in [0.717, 1.165) is 40.8 Å². The summed E-state index contributed by atoms with van der Waals surface area (Å²) in [5.41, 5.74) is -0.106. The number of halogens is 7. The molecule has 1 unspecified atom stereocenters. The second kappa shape index (κ2) is 26.6. The molecule has 0 bridgehead atoms. The van der Waals surface area contributed by atoms with E-state index in [9.17, 15) is 55.1 Å². The van der Waals surface area contributed by atoms with Crippen molar-refractivity contribution in [2.75, 3.05) is 79.9 Å². The zero-order chi connectivity index (χ0) is 65.2. The van der Waals surface area contributed by atoms with Gasteiger partial charge in [0.25, 0.3) is 11.1 Å². The van der Waals surface area contributed by atoms with E-state index in [-0.39, 0.29) is 58.0 Å². The lowest BCUT2D eigenvalue weighted by Gasteiger charge is -2.37. The van der Waals surface area contributed by atoms with Crippen LogP contribution in [-0.4, -0.2) is 149 Å². The number of benzene rings is 2. The van der Waals surface area contributed by atoms with Gasteiger partial charge in [-0.15, -0.1) is 10.2 Å². The largest absolute Gasteiger partial charge is 0.444 e. The van der Waals surface area contributed by atoms with E-state index >= 15 is 0 Å². The van der Waals surface area contributed by atoms with Gasteiger partial charge in [-0.25, -0.2) is 9.59 Å². The predicted molar refractivity (Wildman–Crippen MR) is 323 cm³/mol. The van der Waals surface area contributed by atoms with Crippen molar-refractivity contribution in [1.82, 2.24) is 48.1 Å².